The third-order valence-electron chi connectivity index (χ3n) is 2.91. The molecule has 2 heterocycles. The van der Waals surface area contributed by atoms with Crippen molar-refractivity contribution in [3.8, 4) is 11.6 Å². The Labute approximate surface area is 147 Å². The second-order valence-corrected chi connectivity index (χ2v) is 6.20. The van der Waals surface area contributed by atoms with Gasteiger partial charge in [0.25, 0.3) is 10.0 Å². The summed E-state index contributed by atoms with van der Waals surface area (Å²) in [6.45, 7) is 0. The summed E-state index contributed by atoms with van der Waals surface area (Å²) >= 11 is 0. The van der Waals surface area contributed by atoms with E-state index in [1.807, 2.05) is 0 Å². The van der Waals surface area contributed by atoms with Gasteiger partial charge in [0, 0.05) is 19.3 Å². The van der Waals surface area contributed by atoms with Gasteiger partial charge < -0.3 is 14.6 Å². The van der Waals surface area contributed by atoms with Gasteiger partial charge in [0.15, 0.2) is 5.75 Å². The molecule has 0 aliphatic rings. The molecular formula is C12H14N6O7S. The quantitative estimate of drug-likeness (QED) is 0.583. The van der Waals surface area contributed by atoms with E-state index in [0.717, 1.165) is 11.8 Å². The number of carboxylic acids is 1. The summed E-state index contributed by atoms with van der Waals surface area (Å²) in [5.41, 5.74) is -0.619. The molecule has 0 radical (unpaired) electrons. The lowest BCUT2D eigenvalue weighted by Crippen LogP contribution is -2.36. The Kier molecular flexibility index (Phi) is 5.25. The van der Waals surface area contributed by atoms with Crippen LogP contribution in [0.15, 0.2) is 17.3 Å². The number of carbonyl (C=O) groups excluding carboxylic acids is 1. The molecule has 0 atom stereocenters. The Bertz CT molecular complexity index is 955. The van der Waals surface area contributed by atoms with Gasteiger partial charge >= 0.3 is 12.0 Å². The maximum atomic E-state index is 12.4. The van der Waals surface area contributed by atoms with E-state index in [1.54, 1.807) is 4.72 Å². The van der Waals surface area contributed by atoms with Crippen LogP contribution in [0, 0.1) is 0 Å². The van der Waals surface area contributed by atoms with Gasteiger partial charge in [-0.2, -0.15) is 18.5 Å². The number of nitrogens with one attached hydrogen (secondary N) is 2. The van der Waals surface area contributed by atoms with Crippen LogP contribution in [0.1, 0.15) is 10.5 Å². The molecule has 3 N–H and O–H groups in total. The van der Waals surface area contributed by atoms with Gasteiger partial charge in [0.05, 0.1) is 14.2 Å². The Morgan fingerprint density at radius 1 is 1.27 bits per heavy atom. The number of rotatable bonds is 6. The zero-order valence-electron chi connectivity index (χ0n) is 13.7. The fourth-order valence-electron chi connectivity index (χ4n) is 1.92. The van der Waals surface area contributed by atoms with Gasteiger partial charge in [-0.05, 0) is 0 Å². The maximum absolute atomic E-state index is 12.4. The van der Waals surface area contributed by atoms with Crippen LogP contribution < -0.4 is 19.5 Å². The van der Waals surface area contributed by atoms with Crippen LogP contribution in [0.25, 0.3) is 0 Å². The zero-order valence-corrected chi connectivity index (χ0v) is 14.6. The molecule has 26 heavy (non-hydrogen) atoms. The Morgan fingerprint density at radius 2 is 1.96 bits per heavy atom. The summed E-state index contributed by atoms with van der Waals surface area (Å²) in [6.07, 6.45) is 1.29. The molecular weight excluding hydrogens is 372 g/mol. The van der Waals surface area contributed by atoms with E-state index < -0.39 is 38.5 Å². The van der Waals surface area contributed by atoms with Crippen LogP contribution in [0.4, 0.5) is 10.7 Å². The van der Waals surface area contributed by atoms with Crippen LogP contribution in [0.3, 0.4) is 0 Å². The topological polar surface area (TPSA) is 175 Å². The highest BCUT2D eigenvalue weighted by atomic mass is 32.2. The van der Waals surface area contributed by atoms with Crippen molar-refractivity contribution in [1.29, 1.82) is 0 Å². The van der Waals surface area contributed by atoms with Crippen molar-refractivity contribution < 1.29 is 32.6 Å². The summed E-state index contributed by atoms with van der Waals surface area (Å²) in [5, 5.41) is 14.1. The number of methoxy groups -OCH3 is 2. The van der Waals surface area contributed by atoms with E-state index in [2.05, 4.69) is 20.4 Å². The van der Waals surface area contributed by atoms with E-state index in [0.29, 0.717) is 0 Å². The van der Waals surface area contributed by atoms with Crippen molar-refractivity contribution >= 4 is 28.0 Å². The van der Waals surface area contributed by atoms with Crippen molar-refractivity contribution in [1.82, 2.24) is 24.5 Å². The standard InChI is InChI=1S/C12H14N6O7S/c1-18-9(8(25-3)7(16-18)10(19)20)26(22,23)17-12(21)15-11-13-5-4-6(14-11)24-2/h4-5H,1-3H3,(H,19,20)(H2,13,14,15,17,21). The van der Waals surface area contributed by atoms with Gasteiger partial charge in [-0.3, -0.25) is 10.00 Å². The summed E-state index contributed by atoms with van der Waals surface area (Å²) in [4.78, 5) is 30.6. The second kappa shape index (κ2) is 7.22. The second-order valence-electron chi connectivity index (χ2n) is 4.60. The molecule has 2 aromatic heterocycles. The maximum Gasteiger partial charge on any atom is 0.360 e. The largest absolute Gasteiger partial charge is 0.491 e. The molecule has 0 aliphatic heterocycles. The number of hydrogen-bond acceptors (Lipinski definition) is 9. The summed E-state index contributed by atoms with van der Waals surface area (Å²) in [7, 11) is -0.902. The number of urea groups is 1. The number of anilines is 1. The molecule has 14 heteroatoms. The Balaban J connectivity index is 2.28. The summed E-state index contributed by atoms with van der Waals surface area (Å²) < 4.78 is 37.0. The minimum Gasteiger partial charge on any atom is -0.491 e. The average molecular weight is 386 g/mol. The lowest BCUT2D eigenvalue weighted by Gasteiger charge is -2.09. The number of hydrogen-bond donors (Lipinski definition) is 3. The number of aryl methyl sites for hydroxylation is 1. The van der Waals surface area contributed by atoms with Gasteiger partial charge in [-0.1, -0.05) is 0 Å². The van der Waals surface area contributed by atoms with E-state index in [1.165, 1.54) is 26.4 Å². The Morgan fingerprint density at radius 3 is 2.54 bits per heavy atom. The van der Waals surface area contributed by atoms with Crippen molar-refractivity contribution in [3.63, 3.8) is 0 Å². The molecule has 2 amide bonds. The molecule has 0 saturated heterocycles. The lowest BCUT2D eigenvalue weighted by atomic mass is 10.4. The van der Waals surface area contributed by atoms with Crippen molar-refractivity contribution in [2.75, 3.05) is 19.5 Å². The fraction of sp³-hybridized carbons (Fsp3) is 0.250. The van der Waals surface area contributed by atoms with Crippen LogP contribution >= 0.6 is 0 Å². The van der Waals surface area contributed by atoms with E-state index in [-0.39, 0.29) is 11.8 Å². The normalized spacial score (nSPS) is 10.9. The Hall–Kier alpha value is -3.42. The van der Waals surface area contributed by atoms with Crippen LogP contribution in [-0.4, -0.2) is 59.5 Å². The number of nitrogens with zero attached hydrogens (tertiary/aromatic N) is 4. The highest BCUT2D eigenvalue weighted by Crippen LogP contribution is 2.27. The molecule has 0 bridgehead atoms. The number of carbonyl (C=O) groups is 2. The predicted molar refractivity (Wildman–Crippen MR) is 84.6 cm³/mol. The van der Waals surface area contributed by atoms with E-state index in [4.69, 9.17) is 14.6 Å². The SMILES string of the molecule is COc1ccnc(NC(=O)NS(=O)(=O)c2c(OC)c(C(=O)O)nn2C)n1. The van der Waals surface area contributed by atoms with Gasteiger partial charge in [-0.15, -0.1) is 0 Å². The molecule has 2 aromatic rings. The summed E-state index contributed by atoms with van der Waals surface area (Å²) in [5.74, 6) is -2.07. The highest BCUT2D eigenvalue weighted by Gasteiger charge is 2.32. The molecule has 0 fully saturated rings. The van der Waals surface area contributed by atoms with Gasteiger partial charge in [-0.25, -0.2) is 19.3 Å². The third-order valence-corrected chi connectivity index (χ3v) is 4.32. The van der Waals surface area contributed by atoms with Crippen LogP contribution in [0.2, 0.25) is 0 Å². The van der Waals surface area contributed by atoms with Crippen molar-refractivity contribution in [2.45, 2.75) is 5.03 Å². The molecule has 0 unspecified atom stereocenters. The van der Waals surface area contributed by atoms with Crippen molar-refractivity contribution in [2.24, 2.45) is 7.05 Å². The summed E-state index contributed by atoms with van der Waals surface area (Å²) in [6, 6.07) is 0.242. The first-order valence-corrected chi connectivity index (χ1v) is 8.23. The van der Waals surface area contributed by atoms with Crippen LogP contribution in [0.5, 0.6) is 11.6 Å². The molecule has 0 saturated carbocycles. The first-order valence-electron chi connectivity index (χ1n) is 6.74. The first kappa shape index (κ1) is 18.9. The van der Waals surface area contributed by atoms with Gasteiger partial charge in [0.2, 0.25) is 22.5 Å². The number of aromatic nitrogens is 4. The number of sulfonamides is 1. The molecule has 140 valence electrons. The number of carboxylic acid groups (broad SMARTS) is 1. The van der Waals surface area contributed by atoms with Crippen molar-refractivity contribution in [3.05, 3.63) is 18.0 Å². The van der Waals surface area contributed by atoms with E-state index >= 15 is 0 Å². The van der Waals surface area contributed by atoms with Crippen LogP contribution in [-0.2, 0) is 17.1 Å². The number of amides is 2. The zero-order chi connectivity index (χ0) is 19.5. The minimum absolute atomic E-state index is 0.151. The number of aromatic carboxylic acids is 1. The highest BCUT2D eigenvalue weighted by molar-refractivity contribution is 7.90. The minimum atomic E-state index is -4.52. The fourth-order valence-corrected chi connectivity index (χ4v) is 3.13. The monoisotopic (exact) mass is 386 g/mol. The third kappa shape index (κ3) is 3.80. The lowest BCUT2D eigenvalue weighted by molar-refractivity contribution is 0.0686. The molecule has 0 aliphatic carbocycles. The van der Waals surface area contributed by atoms with E-state index in [9.17, 15) is 18.0 Å². The molecule has 0 spiro atoms. The molecule has 0 aromatic carbocycles. The predicted octanol–water partition coefficient (Wildman–Crippen LogP) is -0.564. The number of ether oxygens (including phenoxy) is 2. The first-order chi connectivity index (χ1) is 12.2. The smallest absolute Gasteiger partial charge is 0.360 e. The molecule has 2 rings (SSSR count). The van der Waals surface area contributed by atoms with Gasteiger partial charge in [0.1, 0.15) is 0 Å². The molecule has 13 nitrogen and oxygen atoms in total. The average Bonchev–Trinajstić information content (AvgIpc) is 2.92.